The molecule has 1 fully saturated rings. The van der Waals surface area contributed by atoms with Crippen molar-refractivity contribution >= 4 is 27.5 Å². The quantitative estimate of drug-likeness (QED) is 0.930. The monoisotopic (exact) mass is 296 g/mol. The summed E-state index contributed by atoms with van der Waals surface area (Å²) in [5.74, 6) is 0.143. The Labute approximate surface area is 110 Å². The summed E-state index contributed by atoms with van der Waals surface area (Å²) in [4.78, 5) is 13.6. The van der Waals surface area contributed by atoms with E-state index in [2.05, 4.69) is 32.2 Å². The molecule has 0 aliphatic carbocycles. The van der Waals surface area contributed by atoms with Gasteiger partial charge in [0, 0.05) is 30.0 Å². The van der Waals surface area contributed by atoms with Gasteiger partial charge in [-0.3, -0.25) is 4.79 Å². The molecule has 3 nitrogen and oxygen atoms in total. The Morgan fingerprint density at radius 2 is 2.29 bits per heavy atom. The van der Waals surface area contributed by atoms with Crippen LogP contribution in [-0.2, 0) is 4.79 Å². The van der Waals surface area contributed by atoms with Crippen LogP contribution in [0, 0.1) is 0 Å². The fourth-order valence-corrected chi connectivity index (χ4v) is 2.67. The van der Waals surface area contributed by atoms with E-state index >= 15 is 0 Å². The number of carbonyl (C=O) groups excluding carboxylic acids is 1. The molecule has 2 rings (SSSR count). The minimum Gasteiger partial charge on any atom is -0.368 e. The van der Waals surface area contributed by atoms with E-state index in [1.54, 1.807) is 0 Å². The minimum atomic E-state index is 0.143. The third kappa shape index (κ3) is 3.00. The van der Waals surface area contributed by atoms with E-state index in [9.17, 15) is 4.79 Å². The van der Waals surface area contributed by atoms with Crippen molar-refractivity contribution in [1.29, 1.82) is 0 Å². The van der Waals surface area contributed by atoms with Crippen molar-refractivity contribution < 1.29 is 4.79 Å². The average Bonchev–Trinajstić information content (AvgIpc) is 2.78. The molecule has 1 N–H and O–H groups in total. The lowest BCUT2D eigenvalue weighted by atomic mass is 10.2. The van der Waals surface area contributed by atoms with Gasteiger partial charge in [-0.2, -0.15) is 0 Å². The summed E-state index contributed by atoms with van der Waals surface area (Å²) >= 11 is 3.56. The van der Waals surface area contributed by atoms with Crippen molar-refractivity contribution in [2.24, 2.45) is 0 Å². The van der Waals surface area contributed by atoms with Crippen molar-refractivity contribution in [1.82, 2.24) is 5.32 Å². The van der Waals surface area contributed by atoms with Gasteiger partial charge in [0.15, 0.2) is 0 Å². The summed E-state index contributed by atoms with van der Waals surface area (Å²) in [7, 11) is 0. The number of benzene rings is 1. The van der Waals surface area contributed by atoms with E-state index in [4.69, 9.17) is 0 Å². The molecule has 1 aromatic carbocycles. The standard InChI is InChI=1S/C13H17BrN2O/c1-2-13(17)15-10-7-8-16(9-10)12-6-4-3-5-11(12)14/h3-6,10H,2,7-9H2,1H3,(H,15,17). The zero-order valence-electron chi connectivity index (χ0n) is 9.95. The van der Waals surface area contributed by atoms with E-state index < -0.39 is 0 Å². The van der Waals surface area contributed by atoms with E-state index in [1.165, 1.54) is 5.69 Å². The maximum atomic E-state index is 11.3. The molecule has 1 aliphatic rings. The number of rotatable bonds is 3. The first kappa shape index (κ1) is 12.4. The van der Waals surface area contributed by atoms with Crippen LogP contribution in [0.25, 0.3) is 0 Å². The highest BCUT2D eigenvalue weighted by Gasteiger charge is 2.24. The normalized spacial score (nSPS) is 19.4. The Morgan fingerprint density at radius 1 is 1.53 bits per heavy atom. The highest BCUT2D eigenvalue weighted by molar-refractivity contribution is 9.10. The first-order valence-electron chi connectivity index (χ1n) is 5.99. The van der Waals surface area contributed by atoms with E-state index in [-0.39, 0.29) is 11.9 Å². The predicted octanol–water partition coefficient (Wildman–Crippen LogP) is 2.55. The van der Waals surface area contributed by atoms with E-state index in [0.29, 0.717) is 6.42 Å². The van der Waals surface area contributed by atoms with Gasteiger partial charge < -0.3 is 10.2 Å². The Morgan fingerprint density at radius 3 is 3.00 bits per heavy atom. The smallest absolute Gasteiger partial charge is 0.219 e. The van der Waals surface area contributed by atoms with Gasteiger partial charge in [0.25, 0.3) is 0 Å². The summed E-state index contributed by atoms with van der Waals surface area (Å²) < 4.78 is 1.11. The number of amides is 1. The van der Waals surface area contributed by atoms with Crippen LogP contribution in [0.5, 0.6) is 0 Å². The molecule has 1 atom stereocenters. The number of hydrogen-bond donors (Lipinski definition) is 1. The summed E-state index contributed by atoms with van der Waals surface area (Å²) in [6.45, 7) is 3.78. The third-order valence-electron chi connectivity index (χ3n) is 3.07. The molecule has 1 aromatic rings. The van der Waals surface area contributed by atoms with Crippen LogP contribution in [0.2, 0.25) is 0 Å². The van der Waals surface area contributed by atoms with Crippen LogP contribution < -0.4 is 10.2 Å². The molecule has 0 aromatic heterocycles. The summed E-state index contributed by atoms with van der Waals surface area (Å²) in [5, 5.41) is 3.05. The maximum Gasteiger partial charge on any atom is 0.219 e. The fraction of sp³-hybridized carbons (Fsp3) is 0.462. The van der Waals surface area contributed by atoms with Gasteiger partial charge >= 0.3 is 0 Å². The van der Waals surface area contributed by atoms with Crippen LogP contribution in [0.4, 0.5) is 5.69 Å². The van der Waals surface area contributed by atoms with Crippen molar-refractivity contribution in [2.45, 2.75) is 25.8 Å². The molecule has 1 aliphatic heterocycles. The Kier molecular flexibility index (Phi) is 4.05. The van der Waals surface area contributed by atoms with Gasteiger partial charge in [-0.05, 0) is 34.5 Å². The predicted molar refractivity (Wildman–Crippen MR) is 73.2 cm³/mol. The van der Waals surface area contributed by atoms with Gasteiger partial charge in [0.2, 0.25) is 5.91 Å². The van der Waals surface area contributed by atoms with Crippen LogP contribution in [-0.4, -0.2) is 25.0 Å². The third-order valence-corrected chi connectivity index (χ3v) is 3.74. The molecule has 0 radical (unpaired) electrons. The second-order valence-electron chi connectivity index (χ2n) is 4.30. The molecule has 17 heavy (non-hydrogen) atoms. The first-order chi connectivity index (χ1) is 8.20. The Balaban J connectivity index is 1.98. The van der Waals surface area contributed by atoms with E-state index in [1.807, 2.05) is 25.1 Å². The molecule has 92 valence electrons. The zero-order valence-corrected chi connectivity index (χ0v) is 11.5. The molecule has 1 saturated heterocycles. The van der Waals surface area contributed by atoms with Crippen molar-refractivity contribution in [3.8, 4) is 0 Å². The summed E-state index contributed by atoms with van der Waals surface area (Å²) in [6.07, 6.45) is 1.58. The Hall–Kier alpha value is -1.03. The van der Waals surface area contributed by atoms with Gasteiger partial charge in [0.1, 0.15) is 0 Å². The van der Waals surface area contributed by atoms with Crippen LogP contribution in [0.3, 0.4) is 0 Å². The van der Waals surface area contributed by atoms with E-state index in [0.717, 1.165) is 24.0 Å². The first-order valence-corrected chi connectivity index (χ1v) is 6.79. The van der Waals surface area contributed by atoms with Gasteiger partial charge in [-0.25, -0.2) is 0 Å². The molecular formula is C13H17BrN2O. The average molecular weight is 297 g/mol. The van der Waals surface area contributed by atoms with Crippen LogP contribution >= 0.6 is 15.9 Å². The molecule has 0 spiro atoms. The van der Waals surface area contributed by atoms with Crippen LogP contribution in [0.15, 0.2) is 28.7 Å². The van der Waals surface area contributed by atoms with Crippen molar-refractivity contribution in [3.63, 3.8) is 0 Å². The zero-order chi connectivity index (χ0) is 12.3. The second kappa shape index (κ2) is 5.54. The minimum absolute atomic E-state index is 0.143. The summed E-state index contributed by atoms with van der Waals surface area (Å²) in [6, 6.07) is 8.49. The lowest BCUT2D eigenvalue weighted by Gasteiger charge is -2.20. The lowest BCUT2D eigenvalue weighted by molar-refractivity contribution is -0.121. The fourth-order valence-electron chi connectivity index (χ4n) is 2.13. The molecule has 1 amide bonds. The molecule has 1 unspecified atom stereocenters. The number of anilines is 1. The molecule has 0 saturated carbocycles. The number of nitrogens with one attached hydrogen (secondary N) is 1. The number of hydrogen-bond acceptors (Lipinski definition) is 2. The molecule has 4 heteroatoms. The largest absolute Gasteiger partial charge is 0.368 e. The van der Waals surface area contributed by atoms with Gasteiger partial charge in [0.05, 0.1) is 5.69 Å². The maximum absolute atomic E-state index is 11.3. The lowest BCUT2D eigenvalue weighted by Crippen LogP contribution is -2.36. The highest BCUT2D eigenvalue weighted by atomic mass is 79.9. The van der Waals surface area contributed by atoms with Gasteiger partial charge in [-0.15, -0.1) is 0 Å². The number of halogens is 1. The second-order valence-corrected chi connectivity index (χ2v) is 5.16. The molecule has 0 bridgehead atoms. The number of carbonyl (C=O) groups is 1. The summed E-state index contributed by atoms with van der Waals surface area (Å²) in [5.41, 5.74) is 1.21. The van der Waals surface area contributed by atoms with Crippen LogP contribution in [0.1, 0.15) is 19.8 Å². The topological polar surface area (TPSA) is 32.3 Å². The van der Waals surface area contributed by atoms with Gasteiger partial charge in [-0.1, -0.05) is 19.1 Å². The Bertz CT molecular complexity index is 408. The number of nitrogens with zero attached hydrogens (tertiary/aromatic N) is 1. The number of para-hydroxylation sites is 1. The highest BCUT2D eigenvalue weighted by Crippen LogP contribution is 2.28. The SMILES string of the molecule is CCC(=O)NC1CCN(c2ccccc2Br)C1. The van der Waals surface area contributed by atoms with Crippen molar-refractivity contribution in [3.05, 3.63) is 28.7 Å². The molecule has 1 heterocycles. The molecular weight excluding hydrogens is 280 g/mol. The van der Waals surface area contributed by atoms with Crippen molar-refractivity contribution in [2.75, 3.05) is 18.0 Å².